The molecule has 1 unspecified atom stereocenters. The van der Waals surface area contributed by atoms with Crippen LogP contribution >= 0.6 is 38.9 Å². The normalized spacial score (nSPS) is 11.6. The summed E-state index contributed by atoms with van der Waals surface area (Å²) in [6.07, 6.45) is 1.24. The van der Waals surface area contributed by atoms with E-state index in [2.05, 4.69) is 32.3 Å². The van der Waals surface area contributed by atoms with E-state index in [1.165, 1.54) is 11.3 Å². The van der Waals surface area contributed by atoms with Crippen LogP contribution in [0.2, 0.25) is 5.02 Å². The summed E-state index contributed by atoms with van der Waals surface area (Å²) in [6.45, 7) is 0. The zero-order valence-corrected chi connectivity index (χ0v) is 21.8. The predicted octanol–water partition coefficient (Wildman–Crippen LogP) is 8.00. The average molecular weight is 575 g/mol. The number of benzene rings is 4. The number of carbonyl (C=O) groups excluding carboxylic acids is 1. The second-order valence-electron chi connectivity index (χ2n) is 7.92. The largest absolute Gasteiger partial charge is 0.480 e. The highest BCUT2D eigenvalue weighted by molar-refractivity contribution is 9.10. The maximum Gasteiger partial charge on any atom is 0.257 e. The fourth-order valence-corrected chi connectivity index (χ4v) is 5.07. The van der Waals surface area contributed by atoms with Gasteiger partial charge in [0.2, 0.25) is 0 Å². The Kier molecular flexibility index (Phi) is 7.01. The lowest BCUT2D eigenvalue weighted by molar-refractivity contribution is 0.102. The lowest BCUT2D eigenvalue weighted by atomic mass is 10.1. The van der Waals surface area contributed by atoms with E-state index in [0.29, 0.717) is 27.0 Å². The highest BCUT2D eigenvalue weighted by atomic mass is 79.9. The first-order valence-corrected chi connectivity index (χ1v) is 12.9. The number of hydrogen-bond donors (Lipinski definition) is 1. The molecular formula is C28H17BrClN3O2S. The maximum atomic E-state index is 12.7. The Morgan fingerprint density at radius 3 is 2.61 bits per heavy atom. The molecule has 0 aliphatic rings. The molecule has 0 saturated heterocycles. The highest BCUT2D eigenvalue weighted by Crippen LogP contribution is 2.35. The number of nitrogens with zero attached hydrogens (tertiary/aromatic N) is 2. The van der Waals surface area contributed by atoms with Crippen molar-refractivity contribution < 1.29 is 9.53 Å². The molecule has 1 amide bonds. The minimum Gasteiger partial charge on any atom is -0.480 e. The third-order valence-electron chi connectivity index (χ3n) is 5.46. The molecule has 1 atom stereocenters. The Morgan fingerprint density at radius 1 is 1.03 bits per heavy atom. The minimum absolute atomic E-state index is 0.336. The van der Waals surface area contributed by atoms with Gasteiger partial charge in [0.1, 0.15) is 5.75 Å². The number of rotatable bonds is 6. The molecule has 4 aromatic carbocycles. The zero-order valence-electron chi connectivity index (χ0n) is 18.6. The van der Waals surface area contributed by atoms with Crippen LogP contribution in [0, 0.1) is 11.3 Å². The van der Waals surface area contributed by atoms with Crippen LogP contribution in [0.3, 0.4) is 0 Å². The molecule has 0 aliphatic heterocycles. The van der Waals surface area contributed by atoms with Crippen LogP contribution in [-0.2, 0) is 0 Å². The second kappa shape index (κ2) is 10.5. The second-order valence-corrected chi connectivity index (χ2v) is 10.3. The summed E-state index contributed by atoms with van der Waals surface area (Å²) in [7, 11) is 0. The quantitative estimate of drug-likeness (QED) is 0.223. The molecular weight excluding hydrogens is 558 g/mol. The van der Waals surface area contributed by atoms with Crippen LogP contribution in [-0.4, -0.2) is 10.9 Å². The first-order chi connectivity index (χ1) is 17.5. The molecule has 8 heteroatoms. The van der Waals surface area contributed by atoms with E-state index in [0.717, 1.165) is 25.7 Å². The van der Waals surface area contributed by atoms with Gasteiger partial charge in [-0.15, -0.1) is 0 Å². The first-order valence-electron chi connectivity index (χ1n) is 10.9. The number of amides is 1. The molecule has 36 heavy (non-hydrogen) atoms. The van der Waals surface area contributed by atoms with Gasteiger partial charge in [-0.3, -0.25) is 10.1 Å². The van der Waals surface area contributed by atoms with E-state index in [4.69, 9.17) is 21.6 Å². The Morgan fingerprint density at radius 2 is 1.81 bits per heavy atom. The van der Waals surface area contributed by atoms with Crippen molar-refractivity contribution in [1.82, 2.24) is 4.98 Å². The van der Waals surface area contributed by atoms with Gasteiger partial charge in [0, 0.05) is 21.3 Å². The van der Waals surface area contributed by atoms with E-state index in [-0.39, 0.29) is 5.91 Å². The molecule has 0 fully saturated rings. The van der Waals surface area contributed by atoms with E-state index >= 15 is 0 Å². The number of hydrogen-bond acceptors (Lipinski definition) is 5. The van der Waals surface area contributed by atoms with Crippen LogP contribution in [0.4, 0.5) is 5.13 Å². The molecule has 0 spiro atoms. The third kappa shape index (κ3) is 5.42. The van der Waals surface area contributed by atoms with Crippen molar-refractivity contribution >= 4 is 60.7 Å². The molecule has 0 bridgehead atoms. The number of fused-ring (bicyclic) bond motifs is 1. The van der Waals surface area contributed by atoms with E-state index in [9.17, 15) is 4.79 Å². The van der Waals surface area contributed by atoms with Crippen molar-refractivity contribution in [2.24, 2.45) is 0 Å². The molecule has 0 radical (unpaired) electrons. The van der Waals surface area contributed by atoms with Gasteiger partial charge in [-0.25, -0.2) is 4.98 Å². The lowest BCUT2D eigenvalue weighted by Crippen LogP contribution is -2.11. The van der Waals surface area contributed by atoms with Gasteiger partial charge >= 0.3 is 0 Å². The summed E-state index contributed by atoms with van der Waals surface area (Å²) in [6, 6.07) is 28.1. The van der Waals surface area contributed by atoms with Crippen molar-refractivity contribution in [2.45, 2.75) is 6.10 Å². The number of halogens is 2. The summed E-state index contributed by atoms with van der Waals surface area (Å²) in [5.41, 5.74) is 1.71. The van der Waals surface area contributed by atoms with Gasteiger partial charge in [0.25, 0.3) is 5.91 Å². The molecule has 1 aromatic heterocycles. The zero-order chi connectivity index (χ0) is 25.1. The third-order valence-corrected chi connectivity index (χ3v) is 7.16. The van der Waals surface area contributed by atoms with Gasteiger partial charge in [0.05, 0.1) is 16.5 Å². The Balaban J connectivity index is 1.43. The molecule has 5 rings (SSSR count). The van der Waals surface area contributed by atoms with Crippen molar-refractivity contribution in [1.29, 1.82) is 5.26 Å². The van der Waals surface area contributed by atoms with Crippen LogP contribution < -0.4 is 10.1 Å². The molecule has 1 N–H and O–H groups in total. The number of nitrogens with one attached hydrogen (secondary N) is 1. The van der Waals surface area contributed by atoms with E-state index in [1.54, 1.807) is 30.5 Å². The number of aromatic nitrogens is 1. The number of thiazole rings is 1. The lowest BCUT2D eigenvalue weighted by Gasteiger charge is -2.19. The fourth-order valence-electron chi connectivity index (χ4n) is 3.70. The molecule has 1 heterocycles. The Labute approximate surface area is 225 Å². The van der Waals surface area contributed by atoms with Gasteiger partial charge in [0.15, 0.2) is 11.2 Å². The van der Waals surface area contributed by atoms with Gasteiger partial charge < -0.3 is 4.74 Å². The number of anilines is 1. The van der Waals surface area contributed by atoms with Crippen molar-refractivity contribution in [3.63, 3.8) is 0 Å². The van der Waals surface area contributed by atoms with Gasteiger partial charge in [-0.05, 0) is 70.9 Å². The average Bonchev–Trinajstić information content (AvgIpc) is 3.36. The van der Waals surface area contributed by atoms with Gasteiger partial charge in [-0.1, -0.05) is 69.2 Å². The highest BCUT2D eigenvalue weighted by Gasteiger charge is 2.21. The topological polar surface area (TPSA) is 75.0 Å². The monoisotopic (exact) mass is 573 g/mol. The van der Waals surface area contributed by atoms with Crippen molar-refractivity contribution in [3.8, 4) is 11.8 Å². The van der Waals surface area contributed by atoms with E-state index in [1.807, 2.05) is 60.7 Å². The summed E-state index contributed by atoms with van der Waals surface area (Å²) in [5.74, 6) is 0.370. The number of nitriles is 1. The molecule has 176 valence electrons. The first kappa shape index (κ1) is 24.0. The summed E-state index contributed by atoms with van der Waals surface area (Å²) in [5, 5.41) is 15.1. The van der Waals surface area contributed by atoms with Gasteiger partial charge in [-0.2, -0.15) is 5.26 Å². The molecule has 0 aliphatic carbocycles. The summed E-state index contributed by atoms with van der Waals surface area (Å²) in [4.78, 5) is 17.9. The molecule has 5 aromatic rings. The van der Waals surface area contributed by atoms with Crippen molar-refractivity contribution in [3.05, 3.63) is 122 Å². The maximum absolute atomic E-state index is 12.7. The fraction of sp³-hybridized carbons (Fsp3) is 0.0357. The van der Waals surface area contributed by atoms with Crippen LogP contribution in [0.1, 0.15) is 32.5 Å². The SMILES string of the molecule is N#Cc1cccc(C(=O)Nc2ncc(C(Oc3ccc4cc(Br)ccc4c3)c3ccc(Cl)cc3)s2)c1. The Bertz CT molecular complexity index is 1610. The number of carbonyl (C=O) groups is 1. The van der Waals surface area contributed by atoms with Crippen molar-refractivity contribution in [2.75, 3.05) is 5.32 Å². The molecule has 5 nitrogen and oxygen atoms in total. The smallest absolute Gasteiger partial charge is 0.257 e. The minimum atomic E-state index is -0.458. The molecule has 0 saturated carbocycles. The summed E-state index contributed by atoms with van der Waals surface area (Å²) < 4.78 is 7.48. The Hall–Kier alpha value is -3.70. The van der Waals surface area contributed by atoms with E-state index < -0.39 is 6.10 Å². The van der Waals surface area contributed by atoms with Crippen LogP contribution in [0.25, 0.3) is 10.8 Å². The standard InChI is InChI=1S/C28H17BrClN3O2S/c29-22-8-4-20-14-24(11-7-19(20)13-22)35-26(18-5-9-23(30)10-6-18)25-16-32-28(36-25)33-27(34)21-3-1-2-17(12-21)15-31/h1-14,16,26H,(H,32,33,34). The number of ether oxygens (including phenoxy) is 1. The van der Waals surface area contributed by atoms with Crippen LogP contribution in [0.5, 0.6) is 5.75 Å². The van der Waals surface area contributed by atoms with Crippen LogP contribution in [0.15, 0.2) is 95.6 Å². The summed E-state index contributed by atoms with van der Waals surface area (Å²) >= 11 is 11.0. The predicted molar refractivity (Wildman–Crippen MR) is 147 cm³/mol.